The highest BCUT2D eigenvalue weighted by atomic mass is 16.1. The van der Waals surface area contributed by atoms with Gasteiger partial charge in [-0.1, -0.05) is 0 Å². The normalized spacial score (nSPS) is 33.5. The molecule has 2 aliphatic heterocycles. The maximum atomic E-state index is 11.7. The minimum atomic E-state index is 0.252. The Morgan fingerprint density at radius 3 is 2.61 bits per heavy atom. The summed E-state index contributed by atoms with van der Waals surface area (Å²) in [5.74, 6) is 0.252. The van der Waals surface area contributed by atoms with Crippen LogP contribution >= 0.6 is 0 Å². The molecular weight excluding hydrogens is 226 g/mol. The van der Waals surface area contributed by atoms with E-state index >= 15 is 0 Å². The first-order valence-electron chi connectivity index (χ1n) is 7.59. The molecule has 0 radical (unpaired) electrons. The third-order valence-electron chi connectivity index (χ3n) is 4.54. The Hall–Kier alpha value is -0.610. The predicted molar refractivity (Wildman–Crippen MR) is 71.4 cm³/mol. The van der Waals surface area contributed by atoms with Crippen molar-refractivity contribution < 1.29 is 4.79 Å². The largest absolute Gasteiger partial charge is 0.356 e. The van der Waals surface area contributed by atoms with Crippen LogP contribution in [0.2, 0.25) is 0 Å². The number of nitrogens with one attached hydrogen (secondary N) is 2. The predicted octanol–water partition coefficient (Wildman–Crippen LogP) is 0.872. The van der Waals surface area contributed by atoms with E-state index in [0.29, 0.717) is 18.5 Å². The van der Waals surface area contributed by atoms with Crippen molar-refractivity contribution >= 4 is 5.91 Å². The first-order valence-corrected chi connectivity index (χ1v) is 7.59. The van der Waals surface area contributed by atoms with Crippen LogP contribution in [-0.4, -0.2) is 48.6 Å². The van der Waals surface area contributed by atoms with Crippen molar-refractivity contribution in [2.45, 2.75) is 63.1 Å². The van der Waals surface area contributed by atoms with Crippen LogP contribution in [0.1, 0.15) is 44.9 Å². The standard InChI is InChI=1S/C14H25N3O/c18-14-9-13(4-2-8-16-14)17(12-5-6-12)10-11-3-1-7-15-11/h11-13,15H,1-10H2,(H,16,18). The van der Waals surface area contributed by atoms with E-state index in [2.05, 4.69) is 15.5 Å². The van der Waals surface area contributed by atoms with Crippen LogP contribution in [0.3, 0.4) is 0 Å². The summed E-state index contributed by atoms with van der Waals surface area (Å²) in [4.78, 5) is 14.4. The fourth-order valence-electron chi connectivity index (χ4n) is 3.41. The second-order valence-electron chi connectivity index (χ2n) is 6.07. The summed E-state index contributed by atoms with van der Waals surface area (Å²) in [6.45, 7) is 3.20. The Labute approximate surface area is 109 Å². The van der Waals surface area contributed by atoms with Crippen molar-refractivity contribution in [3.8, 4) is 0 Å². The molecule has 4 heteroatoms. The molecule has 0 aromatic carbocycles. The van der Waals surface area contributed by atoms with Gasteiger partial charge in [0.25, 0.3) is 0 Å². The molecule has 0 spiro atoms. The van der Waals surface area contributed by atoms with Crippen LogP contribution < -0.4 is 10.6 Å². The zero-order chi connectivity index (χ0) is 12.4. The number of rotatable bonds is 4. The van der Waals surface area contributed by atoms with Crippen LogP contribution in [0.5, 0.6) is 0 Å². The molecule has 0 aromatic rings. The van der Waals surface area contributed by atoms with Gasteiger partial charge in [-0.3, -0.25) is 9.69 Å². The van der Waals surface area contributed by atoms with Gasteiger partial charge >= 0.3 is 0 Å². The lowest BCUT2D eigenvalue weighted by Gasteiger charge is -2.32. The highest BCUT2D eigenvalue weighted by Gasteiger charge is 2.36. The summed E-state index contributed by atoms with van der Waals surface area (Å²) in [7, 11) is 0. The summed E-state index contributed by atoms with van der Waals surface area (Å²) in [5.41, 5.74) is 0. The number of amides is 1. The zero-order valence-electron chi connectivity index (χ0n) is 11.2. The molecule has 2 N–H and O–H groups in total. The van der Waals surface area contributed by atoms with E-state index < -0.39 is 0 Å². The molecule has 3 fully saturated rings. The number of nitrogens with zero attached hydrogens (tertiary/aromatic N) is 1. The van der Waals surface area contributed by atoms with Crippen molar-refractivity contribution in [1.82, 2.24) is 15.5 Å². The Balaban J connectivity index is 1.62. The summed E-state index contributed by atoms with van der Waals surface area (Å²) in [6.07, 6.45) is 8.33. The average Bonchev–Trinajstić information content (AvgIpc) is 3.11. The quantitative estimate of drug-likeness (QED) is 0.779. The van der Waals surface area contributed by atoms with E-state index in [0.717, 1.165) is 25.6 Å². The first kappa shape index (κ1) is 12.4. The zero-order valence-corrected chi connectivity index (χ0v) is 11.2. The lowest BCUT2D eigenvalue weighted by atomic mass is 10.1. The molecule has 0 aromatic heterocycles. The maximum Gasteiger partial charge on any atom is 0.221 e. The summed E-state index contributed by atoms with van der Waals surface area (Å²) >= 11 is 0. The lowest BCUT2D eigenvalue weighted by molar-refractivity contribution is -0.121. The van der Waals surface area contributed by atoms with Gasteiger partial charge in [-0.15, -0.1) is 0 Å². The fourth-order valence-corrected chi connectivity index (χ4v) is 3.41. The van der Waals surface area contributed by atoms with Crippen LogP contribution in [0.15, 0.2) is 0 Å². The van der Waals surface area contributed by atoms with Gasteiger partial charge in [0, 0.05) is 37.6 Å². The van der Waals surface area contributed by atoms with Crippen molar-refractivity contribution in [2.24, 2.45) is 0 Å². The number of carbonyl (C=O) groups is 1. The van der Waals surface area contributed by atoms with Gasteiger partial charge in [0.1, 0.15) is 0 Å². The first-order chi connectivity index (χ1) is 8.83. The maximum absolute atomic E-state index is 11.7. The van der Waals surface area contributed by atoms with E-state index in [1.165, 1.54) is 38.6 Å². The second-order valence-corrected chi connectivity index (χ2v) is 6.07. The topological polar surface area (TPSA) is 44.4 Å². The van der Waals surface area contributed by atoms with Gasteiger partial charge in [0.2, 0.25) is 5.91 Å². The Morgan fingerprint density at radius 1 is 1.06 bits per heavy atom. The van der Waals surface area contributed by atoms with E-state index in [-0.39, 0.29) is 5.91 Å². The summed E-state index contributed by atoms with van der Waals surface area (Å²) in [6, 6.07) is 1.92. The molecule has 3 rings (SSSR count). The highest BCUT2D eigenvalue weighted by molar-refractivity contribution is 5.76. The number of hydrogen-bond acceptors (Lipinski definition) is 3. The fraction of sp³-hybridized carbons (Fsp3) is 0.929. The number of carbonyl (C=O) groups excluding carboxylic acids is 1. The molecule has 1 aliphatic carbocycles. The third kappa shape index (κ3) is 3.04. The smallest absolute Gasteiger partial charge is 0.221 e. The van der Waals surface area contributed by atoms with Crippen LogP contribution in [0.25, 0.3) is 0 Å². The molecule has 2 saturated heterocycles. The minimum absolute atomic E-state index is 0.252. The van der Waals surface area contributed by atoms with Gasteiger partial charge in [-0.25, -0.2) is 0 Å². The van der Waals surface area contributed by atoms with Gasteiger partial charge in [-0.2, -0.15) is 0 Å². The Morgan fingerprint density at radius 2 is 1.89 bits per heavy atom. The van der Waals surface area contributed by atoms with Gasteiger partial charge in [0.05, 0.1) is 0 Å². The van der Waals surface area contributed by atoms with Crippen molar-refractivity contribution in [3.05, 3.63) is 0 Å². The van der Waals surface area contributed by atoms with Crippen molar-refractivity contribution in [3.63, 3.8) is 0 Å². The second kappa shape index (κ2) is 5.57. The van der Waals surface area contributed by atoms with Crippen molar-refractivity contribution in [2.75, 3.05) is 19.6 Å². The molecule has 2 unspecified atom stereocenters. The average molecular weight is 251 g/mol. The van der Waals surface area contributed by atoms with Gasteiger partial charge in [0.15, 0.2) is 0 Å². The molecule has 4 nitrogen and oxygen atoms in total. The van der Waals surface area contributed by atoms with Gasteiger partial charge < -0.3 is 10.6 Å². The molecule has 1 amide bonds. The minimum Gasteiger partial charge on any atom is -0.356 e. The monoisotopic (exact) mass is 251 g/mol. The molecule has 2 atom stereocenters. The van der Waals surface area contributed by atoms with Crippen molar-refractivity contribution in [1.29, 1.82) is 0 Å². The molecule has 18 heavy (non-hydrogen) atoms. The van der Waals surface area contributed by atoms with E-state index in [9.17, 15) is 4.79 Å². The van der Waals surface area contributed by atoms with Crippen LogP contribution in [-0.2, 0) is 4.79 Å². The van der Waals surface area contributed by atoms with Crippen LogP contribution in [0, 0.1) is 0 Å². The molecule has 2 heterocycles. The van der Waals surface area contributed by atoms with E-state index in [1.54, 1.807) is 0 Å². The molecular formula is C14H25N3O. The SMILES string of the molecule is O=C1CC(N(CC2CCCN2)C2CC2)CCCN1. The molecule has 3 aliphatic rings. The Kier molecular flexibility index (Phi) is 3.85. The van der Waals surface area contributed by atoms with E-state index in [4.69, 9.17) is 0 Å². The van der Waals surface area contributed by atoms with Crippen LogP contribution in [0.4, 0.5) is 0 Å². The van der Waals surface area contributed by atoms with E-state index in [1.807, 2.05) is 0 Å². The third-order valence-corrected chi connectivity index (χ3v) is 4.54. The van der Waals surface area contributed by atoms with Gasteiger partial charge in [-0.05, 0) is 45.1 Å². The summed E-state index contributed by atoms with van der Waals surface area (Å²) in [5, 5.41) is 6.59. The highest BCUT2D eigenvalue weighted by Crippen LogP contribution is 2.32. The molecule has 102 valence electrons. The number of hydrogen-bond donors (Lipinski definition) is 2. The molecule has 1 saturated carbocycles. The molecule has 0 bridgehead atoms. The lowest BCUT2D eigenvalue weighted by Crippen LogP contribution is -2.45. The Bertz CT molecular complexity index is 297. The summed E-state index contributed by atoms with van der Waals surface area (Å²) < 4.78 is 0.